The summed E-state index contributed by atoms with van der Waals surface area (Å²) in [7, 11) is 0. The van der Waals surface area contributed by atoms with Crippen molar-refractivity contribution in [2.45, 2.75) is 12.5 Å². The maximum Gasteiger partial charge on any atom is 0.258 e. The number of alkyl halides is 2. The first-order chi connectivity index (χ1) is 8.61. The molecule has 1 fully saturated rings. The molecule has 2 nitrogen and oxygen atoms in total. The van der Waals surface area contributed by atoms with Crippen molar-refractivity contribution in [3.05, 3.63) is 34.1 Å². The van der Waals surface area contributed by atoms with Crippen LogP contribution in [-0.4, -0.2) is 37.5 Å². The van der Waals surface area contributed by atoms with Gasteiger partial charge in [-0.3, -0.25) is 4.90 Å². The van der Waals surface area contributed by atoms with Gasteiger partial charge in [0.05, 0.1) is 10.5 Å². The van der Waals surface area contributed by atoms with Crippen LogP contribution in [0.2, 0.25) is 0 Å². The zero-order valence-corrected chi connectivity index (χ0v) is 13.7. The van der Waals surface area contributed by atoms with Gasteiger partial charge in [-0.1, -0.05) is 12.1 Å². The minimum absolute atomic E-state index is 0. The minimum Gasteiger partial charge on any atom is -0.314 e. The molecule has 0 radical (unpaired) electrons. The van der Waals surface area contributed by atoms with E-state index in [0.717, 1.165) is 0 Å². The molecule has 0 unspecified atom stereocenters. The van der Waals surface area contributed by atoms with E-state index in [0.29, 0.717) is 31.7 Å². The van der Waals surface area contributed by atoms with Gasteiger partial charge in [0.1, 0.15) is 5.82 Å². The quantitative estimate of drug-likeness (QED) is 0.840. The van der Waals surface area contributed by atoms with Gasteiger partial charge in [0, 0.05) is 26.2 Å². The van der Waals surface area contributed by atoms with Crippen molar-refractivity contribution in [2.75, 3.05) is 26.2 Å². The Labute approximate surface area is 137 Å². The van der Waals surface area contributed by atoms with E-state index < -0.39 is 18.3 Å². The minimum atomic E-state index is -2.54. The molecule has 1 N–H and O–H groups in total. The first kappa shape index (κ1) is 20.0. The van der Waals surface area contributed by atoms with Gasteiger partial charge in [-0.2, -0.15) is 0 Å². The average molecular weight is 396 g/mol. The van der Waals surface area contributed by atoms with Crippen LogP contribution in [0.15, 0.2) is 22.7 Å². The second-order valence-corrected chi connectivity index (χ2v) is 5.00. The van der Waals surface area contributed by atoms with Crippen LogP contribution < -0.4 is 5.32 Å². The molecule has 1 atom stereocenters. The van der Waals surface area contributed by atoms with Crippen molar-refractivity contribution in [3.63, 3.8) is 0 Å². The number of nitrogens with one attached hydrogen (secondary N) is 1. The molecular weight excluding hydrogens is 380 g/mol. The molecule has 0 spiro atoms. The standard InChI is InChI=1S/C12H14BrF3N2.2ClH/c13-10-8(2-1-3-9(10)14)11(12(15)16)18-6-4-17-5-7-18;;/h1-3,11-12,17H,4-7H2;2*1H/t11-;;/m1../s1. The summed E-state index contributed by atoms with van der Waals surface area (Å²) in [6.45, 7) is 2.43. The second kappa shape index (κ2) is 9.10. The number of hydrogen-bond donors (Lipinski definition) is 1. The zero-order chi connectivity index (χ0) is 13.1. The summed E-state index contributed by atoms with van der Waals surface area (Å²) in [5.41, 5.74) is 0.312. The maximum atomic E-state index is 13.4. The first-order valence-corrected chi connectivity index (χ1v) is 6.57. The van der Waals surface area contributed by atoms with Gasteiger partial charge >= 0.3 is 0 Å². The number of benzene rings is 1. The molecule has 1 heterocycles. The van der Waals surface area contributed by atoms with Crippen molar-refractivity contribution in [3.8, 4) is 0 Å². The van der Waals surface area contributed by atoms with Gasteiger partial charge in [0.2, 0.25) is 0 Å². The number of nitrogens with zero attached hydrogens (tertiary/aromatic N) is 1. The summed E-state index contributed by atoms with van der Waals surface area (Å²) >= 11 is 3.07. The molecule has 0 amide bonds. The van der Waals surface area contributed by atoms with E-state index in [4.69, 9.17) is 0 Å². The van der Waals surface area contributed by atoms with E-state index >= 15 is 0 Å². The monoisotopic (exact) mass is 394 g/mol. The number of halogens is 6. The molecule has 1 aliphatic heterocycles. The van der Waals surface area contributed by atoms with E-state index in [2.05, 4.69) is 21.2 Å². The Hall–Kier alpha value is -0.0100. The van der Waals surface area contributed by atoms with E-state index in [1.165, 1.54) is 12.1 Å². The van der Waals surface area contributed by atoms with Gasteiger partial charge in [-0.25, -0.2) is 13.2 Å². The highest BCUT2D eigenvalue weighted by Gasteiger charge is 2.32. The second-order valence-electron chi connectivity index (χ2n) is 4.21. The molecule has 1 aliphatic rings. The molecule has 0 aromatic heterocycles. The summed E-state index contributed by atoms with van der Waals surface area (Å²) in [4.78, 5) is 1.70. The molecule has 0 bridgehead atoms. The Balaban J connectivity index is 0.00000180. The van der Waals surface area contributed by atoms with Crippen LogP contribution in [0.3, 0.4) is 0 Å². The summed E-state index contributed by atoms with van der Waals surface area (Å²) in [5, 5.41) is 3.11. The third-order valence-electron chi connectivity index (χ3n) is 3.08. The third kappa shape index (κ3) is 4.49. The average Bonchev–Trinajstić information content (AvgIpc) is 2.36. The number of piperazine rings is 1. The summed E-state index contributed by atoms with van der Waals surface area (Å²) in [6, 6.07) is 3.21. The summed E-state index contributed by atoms with van der Waals surface area (Å²) in [5.74, 6) is -0.506. The van der Waals surface area contributed by atoms with E-state index in [-0.39, 0.29) is 29.3 Å². The van der Waals surface area contributed by atoms with Gasteiger partial charge in [0.15, 0.2) is 0 Å². The summed E-state index contributed by atoms with van der Waals surface area (Å²) in [6.07, 6.45) is -2.54. The van der Waals surface area contributed by atoms with Crippen molar-refractivity contribution in [2.24, 2.45) is 0 Å². The largest absolute Gasteiger partial charge is 0.314 e. The van der Waals surface area contributed by atoms with Crippen molar-refractivity contribution in [1.82, 2.24) is 10.2 Å². The highest BCUT2D eigenvalue weighted by atomic mass is 79.9. The lowest BCUT2D eigenvalue weighted by atomic mass is 10.0. The Morgan fingerprint density at radius 3 is 2.30 bits per heavy atom. The van der Waals surface area contributed by atoms with E-state index in [1.807, 2.05) is 0 Å². The molecule has 0 saturated carbocycles. The predicted octanol–water partition coefficient (Wildman–Crippen LogP) is 3.64. The molecule has 2 rings (SSSR count). The fourth-order valence-corrected chi connectivity index (χ4v) is 2.70. The van der Waals surface area contributed by atoms with Gasteiger partial charge < -0.3 is 5.32 Å². The Bertz CT molecular complexity index is 418. The fourth-order valence-electron chi connectivity index (χ4n) is 2.20. The topological polar surface area (TPSA) is 15.3 Å². The summed E-state index contributed by atoms with van der Waals surface area (Å²) < 4.78 is 40.1. The van der Waals surface area contributed by atoms with Crippen molar-refractivity contribution >= 4 is 40.7 Å². The molecule has 116 valence electrons. The normalized spacial score (nSPS) is 17.2. The fraction of sp³-hybridized carbons (Fsp3) is 0.500. The van der Waals surface area contributed by atoms with Crippen LogP contribution in [-0.2, 0) is 0 Å². The molecule has 0 aliphatic carbocycles. The van der Waals surface area contributed by atoms with E-state index in [1.54, 1.807) is 11.0 Å². The van der Waals surface area contributed by atoms with Gasteiger partial charge in [0.25, 0.3) is 6.43 Å². The molecule has 8 heteroatoms. The van der Waals surface area contributed by atoms with Gasteiger partial charge in [-0.05, 0) is 27.6 Å². The Kier molecular flexibility index (Phi) is 9.09. The Morgan fingerprint density at radius 2 is 1.75 bits per heavy atom. The maximum absolute atomic E-state index is 13.4. The third-order valence-corrected chi connectivity index (χ3v) is 3.92. The molecule has 1 saturated heterocycles. The molecular formula is C12H16BrCl2F3N2. The first-order valence-electron chi connectivity index (χ1n) is 5.78. The zero-order valence-electron chi connectivity index (χ0n) is 10.5. The predicted molar refractivity (Wildman–Crippen MR) is 81.8 cm³/mol. The SMILES string of the molecule is Cl.Cl.Fc1cccc([C@H](C(F)F)N2CCNCC2)c1Br. The van der Waals surface area contributed by atoms with Crippen LogP contribution in [0.4, 0.5) is 13.2 Å². The van der Waals surface area contributed by atoms with Crippen LogP contribution >= 0.6 is 40.7 Å². The van der Waals surface area contributed by atoms with Crippen LogP contribution in [0.5, 0.6) is 0 Å². The number of hydrogen-bond acceptors (Lipinski definition) is 2. The highest BCUT2D eigenvalue weighted by molar-refractivity contribution is 9.10. The lowest BCUT2D eigenvalue weighted by molar-refractivity contribution is 0.0177. The van der Waals surface area contributed by atoms with Crippen LogP contribution in [0, 0.1) is 5.82 Å². The van der Waals surface area contributed by atoms with Crippen LogP contribution in [0.1, 0.15) is 11.6 Å². The lowest BCUT2D eigenvalue weighted by Gasteiger charge is -2.35. The lowest BCUT2D eigenvalue weighted by Crippen LogP contribution is -2.47. The van der Waals surface area contributed by atoms with Crippen molar-refractivity contribution < 1.29 is 13.2 Å². The molecule has 20 heavy (non-hydrogen) atoms. The van der Waals surface area contributed by atoms with Crippen molar-refractivity contribution in [1.29, 1.82) is 0 Å². The smallest absolute Gasteiger partial charge is 0.258 e. The van der Waals surface area contributed by atoms with E-state index in [9.17, 15) is 13.2 Å². The number of rotatable bonds is 3. The Morgan fingerprint density at radius 1 is 1.15 bits per heavy atom. The van der Waals surface area contributed by atoms with Crippen LogP contribution in [0.25, 0.3) is 0 Å². The highest BCUT2D eigenvalue weighted by Crippen LogP contribution is 2.34. The van der Waals surface area contributed by atoms with Gasteiger partial charge in [-0.15, -0.1) is 24.8 Å². The molecule has 1 aromatic carbocycles. The molecule has 1 aromatic rings.